The van der Waals surface area contributed by atoms with Crippen molar-refractivity contribution in [1.82, 2.24) is 29.6 Å². The Hall–Kier alpha value is -3.89. The van der Waals surface area contributed by atoms with Gasteiger partial charge in [-0.3, -0.25) is 4.79 Å². The summed E-state index contributed by atoms with van der Waals surface area (Å²) in [4.78, 5) is 27.7. The van der Waals surface area contributed by atoms with Crippen molar-refractivity contribution >= 4 is 39.9 Å². The fourth-order valence-electron chi connectivity index (χ4n) is 5.35. The van der Waals surface area contributed by atoms with E-state index in [2.05, 4.69) is 21.9 Å². The van der Waals surface area contributed by atoms with Crippen LogP contribution in [0.4, 0.5) is 11.8 Å². The van der Waals surface area contributed by atoms with Crippen molar-refractivity contribution < 1.29 is 32.9 Å². The SMILES string of the molecule is CCCOCCOCCOCCOCCOCCC(=O)N1CCC(Cn2nc(-c3ccc4oc(N)nc4c3)c3c(N)ncnc32)C1. The zero-order chi connectivity index (χ0) is 32.1. The van der Waals surface area contributed by atoms with Crippen LogP contribution < -0.4 is 11.5 Å². The number of nitrogens with two attached hydrogens (primary N) is 2. The van der Waals surface area contributed by atoms with Crippen LogP contribution in [0.3, 0.4) is 0 Å². The Labute approximate surface area is 267 Å². The number of oxazole rings is 1. The van der Waals surface area contributed by atoms with Crippen molar-refractivity contribution in [3.63, 3.8) is 0 Å². The number of fused-ring (bicyclic) bond motifs is 2. The van der Waals surface area contributed by atoms with Crippen LogP contribution in [0, 0.1) is 5.92 Å². The summed E-state index contributed by atoms with van der Waals surface area (Å²) in [6, 6.07) is 5.65. The van der Waals surface area contributed by atoms with Crippen LogP contribution in [0.5, 0.6) is 0 Å². The predicted molar refractivity (Wildman–Crippen MR) is 171 cm³/mol. The summed E-state index contributed by atoms with van der Waals surface area (Å²) < 4.78 is 34.7. The van der Waals surface area contributed by atoms with Crippen molar-refractivity contribution in [1.29, 1.82) is 0 Å². The molecule has 0 aliphatic carbocycles. The Morgan fingerprint density at radius 1 is 0.935 bits per heavy atom. The van der Waals surface area contributed by atoms with E-state index in [1.54, 1.807) is 6.07 Å². The smallest absolute Gasteiger partial charge is 0.292 e. The van der Waals surface area contributed by atoms with Gasteiger partial charge in [-0.2, -0.15) is 10.1 Å². The van der Waals surface area contributed by atoms with Gasteiger partial charge in [0.2, 0.25) is 5.91 Å². The zero-order valence-electron chi connectivity index (χ0n) is 26.4. The van der Waals surface area contributed by atoms with Crippen LogP contribution in [0.1, 0.15) is 26.2 Å². The van der Waals surface area contributed by atoms with Crippen LogP contribution in [0.25, 0.3) is 33.4 Å². The Balaban J connectivity index is 0.993. The molecule has 0 radical (unpaired) electrons. The molecular formula is C31H44N8O7. The molecule has 4 heterocycles. The first-order valence-electron chi connectivity index (χ1n) is 15.8. The third-order valence-corrected chi connectivity index (χ3v) is 7.60. The molecule has 15 heteroatoms. The van der Waals surface area contributed by atoms with Gasteiger partial charge < -0.3 is 44.5 Å². The lowest BCUT2D eigenvalue weighted by molar-refractivity contribution is -0.131. The number of carbonyl (C=O) groups is 1. The van der Waals surface area contributed by atoms with Gasteiger partial charge in [0.1, 0.15) is 23.4 Å². The van der Waals surface area contributed by atoms with Crippen molar-refractivity contribution in [3.8, 4) is 11.3 Å². The summed E-state index contributed by atoms with van der Waals surface area (Å²) >= 11 is 0. The van der Waals surface area contributed by atoms with E-state index in [-0.39, 0.29) is 17.8 Å². The molecule has 0 spiro atoms. The number of amides is 1. The van der Waals surface area contributed by atoms with Gasteiger partial charge in [0.05, 0.1) is 71.3 Å². The normalized spacial score (nSPS) is 15.1. The number of benzene rings is 1. The van der Waals surface area contributed by atoms with Crippen LogP contribution in [0.2, 0.25) is 0 Å². The van der Waals surface area contributed by atoms with E-state index in [1.165, 1.54) is 6.33 Å². The van der Waals surface area contributed by atoms with Crippen molar-refractivity contribution in [2.24, 2.45) is 5.92 Å². The molecule has 0 saturated carbocycles. The number of hydrogen-bond donors (Lipinski definition) is 2. The van der Waals surface area contributed by atoms with Crippen molar-refractivity contribution in [3.05, 3.63) is 24.5 Å². The van der Waals surface area contributed by atoms with Crippen LogP contribution >= 0.6 is 0 Å². The lowest BCUT2D eigenvalue weighted by Crippen LogP contribution is -2.30. The first-order chi connectivity index (χ1) is 22.5. The molecule has 4 aromatic rings. The maximum Gasteiger partial charge on any atom is 0.292 e. The Kier molecular flexibility index (Phi) is 12.5. The maximum absolute atomic E-state index is 12.8. The van der Waals surface area contributed by atoms with Gasteiger partial charge in [-0.05, 0) is 37.0 Å². The molecule has 46 heavy (non-hydrogen) atoms. The lowest BCUT2D eigenvalue weighted by atomic mass is 10.1. The highest BCUT2D eigenvalue weighted by atomic mass is 16.6. The Morgan fingerprint density at radius 2 is 1.61 bits per heavy atom. The van der Waals surface area contributed by atoms with Gasteiger partial charge in [0.15, 0.2) is 11.2 Å². The van der Waals surface area contributed by atoms with Crippen molar-refractivity contribution in [2.45, 2.75) is 32.7 Å². The van der Waals surface area contributed by atoms with Gasteiger partial charge in [-0.15, -0.1) is 0 Å². The molecule has 1 amide bonds. The van der Waals surface area contributed by atoms with Crippen LogP contribution in [-0.2, 0) is 35.0 Å². The second-order valence-electron chi connectivity index (χ2n) is 11.0. The number of anilines is 2. The van der Waals surface area contributed by atoms with E-state index in [1.807, 2.05) is 21.7 Å². The summed E-state index contributed by atoms with van der Waals surface area (Å²) in [7, 11) is 0. The van der Waals surface area contributed by atoms with Gasteiger partial charge in [0.25, 0.3) is 6.01 Å². The minimum atomic E-state index is 0.0775. The fourth-order valence-corrected chi connectivity index (χ4v) is 5.35. The topological polar surface area (TPSA) is 188 Å². The molecule has 1 unspecified atom stereocenters. The summed E-state index contributed by atoms with van der Waals surface area (Å²) in [6.07, 6.45) is 3.64. The van der Waals surface area contributed by atoms with Crippen LogP contribution in [-0.4, -0.2) is 115 Å². The number of ether oxygens (including phenoxy) is 5. The third-order valence-electron chi connectivity index (χ3n) is 7.60. The molecule has 1 aromatic carbocycles. The molecule has 1 aliphatic rings. The zero-order valence-corrected chi connectivity index (χ0v) is 26.4. The second kappa shape index (κ2) is 17.1. The molecule has 1 saturated heterocycles. The standard InChI is InChI=1S/C31H44N8O7/c1-2-8-41-10-12-43-14-16-45-17-15-44-13-11-42-9-6-26(40)38-7-5-22(19-38)20-39-30-27(29(32)34-21-35-30)28(37-39)23-3-4-25-24(18-23)36-31(33)46-25/h3-4,18,21-22H,2,5-17,19-20H2,1H3,(H2,33,36)(H2,32,34,35). The molecular weight excluding hydrogens is 596 g/mol. The van der Waals surface area contributed by atoms with Gasteiger partial charge in [0, 0.05) is 31.8 Å². The lowest BCUT2D eigenvalue weighted by Gasteiger charge is -2.17. The Bertz CT molecular complexity index is 1540. The molecule has 1 aliphatic heterocycles. The summed E-state index contributed by atoms with van der Waals surface area (Å²) in [6.45, 7) is 9.21. The van der Waals surface area contributed by atoms with E-state index in [0.717, 1.165) is 25.0 Å². The first kappa shape index (κ1) is 33.5. The highest BCUT2D eigenvalue weighted by Gasteiger charge is 2.28. The minimum Gasteiger partial charge on any atom is -0.424 e. The number of rotatable bonds is 20. The molecule has 3 aromatic heterocycles. The molecule has 0 bridgehead atoms. The number of carbonyl (C=O) groups excluding carboxylic acids is 1. The van der Waals surface area contributed by atoms with E-state index >= 15 is 0 Å². The van der Waals surface area contributed by atoms with Gasteiger partial charge in [-0.25, -0.2) is 14.6 Å². The van der Waals surface area contributed by atoms with E-state index in [4.69, 9.17) is 44.7 Å². The van der Waals surface area contributed by atoms with E-state index in [0.29, 0.717) is 119 Å². The Morgan fingerprint density at radius 3 is 2.30 bits per heavy atom. The fraction of sp³-hybridized carbons (Fsp3) is 0.581. The van der Waals surface area contributed by atoms with E-state index in [9.17, 15) is 4.79 Å². The highest BCUT2D eigenvalue weighted by Crippen LogP contribution is 2.33. The number of aromatic nitrogens is 5. The predicted octanol–water partition coefficient (Wildman–Crippen LogP) is 2.53. The molecule has 15 nitrogen and oxygen atoms in total. The number of nitrogens with zero attached hydrogens (tertiary/aromatic N) is 6. The molecule has 4 N–H and O–H groups in total. The number of hydrogen-bond acceptors (Lipinski definition) is 13. The van der Waals surface area contributed by atoms with Crippen LogP contribution in [0.15, 0.2) is 28.9 Å². The number of nitrogen functional groups attached to an aromatic ring is 2. The maximum atomic E-state index is 12.8. The largest absolute Gasteiger partial charge is 0.424 e. The molecule has 250 valence electrons. The molecule has 1 atom stereocenters. The molecule has 5 rings (SSSR count). The average molecular weight is 641 g/mol. The second-order valence-corrected chi connectivity index (χ2v) is 11.0. The van der Waals surface area contributed by atoms with Gasteiger partial charge in [-0.1, -0.05) is 6.92 Å². The summed E-state index contributed by atoms with van der Waals surface area (Å²) in [5, 5.41) is 5.56. The minimum absolute atomic E-state index is 0.0775. The van der Waals surface area contributed by atoms with E-state index < -0.39 is 0 Å². The summed E-state index contributed by atoms with van der Waals surface area (Å²) in [5.41, 5.74) is 15.3. The first-order valence-corrected chi connectivity index (χ1v) is 15.8. The van der Waals surface area contributed by atoms with Gasteiger partial charge >= 0.3 is 0 Å². The molecule has 1 fully saturated rings. The third kappa shape index (κ3) is 9.10. The summed E-state index contributed by atoms with van der Waals surface area (Å²) in [5.74, 6) is 0.642. The van der Waals surface area contributed by atoms with Crippen molar-refractivity contribution in [2.75, 3.05) is 90.6 Å². The highest BCUT2D eigenvalue weighted by molar-refractivity contribution is 5.99. The average Bonchev–Trinajstić information content (AvgIpc) is 3.77. The number of likely N-dealkylation sites (tertiary alicyclic amines) is 1. The quantitative estimate of drug-likeness (QED) is 0.134. The monoisotopic (exact) mass is 640 g/mol.